The van der Waals surface area contributed by atoms with Gasteiger partial charge < -0.3 is 23.9 Å². The Morgan fingerprint density at radius 3 is 2.50 bits per heavy atom. The molecule has 1 aromatic carbocycles. The molecule has 7 nitrogen and oxygen atoms in total. The summed E-state index contributed by atoms with van der Waals surface area (Å²) in [5.74, 6) is 0.197. The lowest BCUT2D eigenvalue weighted by atomic mass is 10.2. The predicted octanol–water partition coefficient (Wildman–Crippen LogP) is 2.08. The molecule has 128 valence electrons. The van der Waals surface area contributed by atoms with Crippen molar-refractivity contribution < 1.29 is 28.2 Å². The van der Waals surface area contributed by atoms with E-state index in [1.54, 1.807) is 38.3 Å². The Morgan fingerprint density at radius 1 is 1.12 bits per heavy atom. The van der Waals surface area contributed by atoms with Gasteiger partial charge in [-0.05, 0) is 30.7 Å². The molecule has 0 saturated carbocycles. The second kappa shape index (κ2) is 8.05. The maximum atomic E-state index is 11.8. The van der Waals surface area contributed by atoms with Gasteiger partial charge >= 0.3 is 5.97 Å². The van der Waals surface area contributed by atoms with Gasteiger partial charge in [0.25, 0.3) is 5.91 Å². The highest BCUT2D eigenvalue weighted by Gasteiger charge is 2.15. The molecule has 1 aromatic heterocycles. The second-order valence-corrected chi connectivity index (χ2v) is 4.97. The van der Waals surface area contributed by atoms with Crippen LogP contribution >= 0.6 is 0 Å². The Balaban J connectivity index is 1.83. The van der Waals surface area contributed by atoms with Crippen LogP contribution in [-0.2, 0) is 16.1 Å². The topological polar surface area (TPSA) is 87.0 Å². The average Bonchev–Trinajstić information content (AvgIpc) is 3.03. The number of carbonyl (C=O) groups is 2. The molecule has 0 saturated heterocycles. The molecule has 1 amide bonds. The Labute approximate surface area is 139 Å². The van der Waals surface area contributed by atoms with Crippen molar-refractivity contribution in [1.29, 1.82) is 0 Å². The van der Waals surface area contributed by atoms with Crippen molar-refractivity contribution in [2.45, 2.75) is 13.5 Å². The smallest absolute Gasteiger partial charge is 0.375 e. The highest BCUT2D eigenvalue weighted by atomic mass is 16.5. The molecule has 0 unspecified atom stereocenters. The molecule has 7 heteroatoms. The zero-order valence-corrected chi connectivity index (χ0v) is 13.8. The van der Waals surface area contributed by atoms with Gasteiger partial charge in [0.05, 0.1) is 20.5 Å². The van der Waals surface area contributed by atoms with Crippen molar-refractivity contribution in [3.05, 3.63) is 47.4 Å². The van der Waals surface area contributed by atoms with E-state index in [0.717, 1.165) is 5.56 Å². The van der Waals surface area contributed by atoms with Gasteiger partial charge in [-0.15, -0.1) is 0 Å². The van der Waals surface area contributed by atoms with E-state index in [1.165, 1.54) is 13.4 Å². The molecule has 0 aliphatic heterocycles. The number of ether oxygens (including phenoxy) is 3. The standard InChI is InChI=1S/C17H19NO6/c1-11-6-7-23-16(11)17(20)24-10-15(19)18-9-12-4-5-13(21-2)14(8-12)22-3/h4-8H,9-10H2,1-3H3,(H,18,19). The minimum Gasteiger partial charge on any atom is -0.493 e. The van der Waals surface area contributed by atoms with Crippen molar-refractivity contribution in [2.24, 2.45) is 0 Å². The van der Waals surface area contributed by atoms with Crippen LogP contribution in [0.5, 0.6) is 11.5 Å². The fraction of sp³-hybridized carbons (Fsp3) is 0.294. The largest absolute Gasteiger partial charge is 0.493 e. The van der Waals surface area contributed by atoms with E-state index in [0.29, 0.717) is 17.1 Å². The molecule has 0 fully saturated rings. The van der Waals surface area contributed by atoms with Crippen LogP contribution in [0.15, 0.2) is 34.9 Å². The monoisotopic (exact) mass is 333 g/mol. The normalized spacial score (nSPS) is 10.1. The van der Waals surface area contributed by atoms with Crippen LogP contribution in [0.4, 0.5) is 0 Å². The van der Waals surface area contributed by atoms with E-state index < -0.39 is 11.9 Å². The number of carbonyl (C=O) groups excluding carboxylic acids is 2. The maximum Gasteiger partial charge on any atom is 0.375 e. The van der Waals surface area contributed by atoms with E-state index in [9.17, 15) is 9.59 Å². The minimum atomic E-state index is -0.668. The Hall–Kier alpha value is -2.96. The van der Waals surface area contributed by atoms with E-state index >= 15 is 0 Å². The molecule has 0 bridgehead atoms. The summed E-state index contributed by atoms with van der Waals surface area (Å²) in [6.45, 7) is 1.61. The summed E-state index contributed by atoms with van der Waals surface area (Å²) >= 11 is 0. The number of hydrogen-bond donors (Lipinski definition) is 1. The molecule has 1 heterocycles. The van der Waals surface area contributed by atoms with Crippen LogP contribution in [0.2, 0.25) is 0 Å². The van der Waals surface area contributed by atoms with Gasteiger partial charge in [0.15, 0.2) is 18.1 Å². The third kappa shape index (κ3) is 4.28. The van der Waals surface area contributed by atoms with Crippen molar-refractivity contribution in [3.8, 4) is 11.5 Å². The van der Waals surface area contributed by atoms with Crippen molar-refractivity contribution in [3.63, 3.8) is 0 Å². The van der Waals surface area contributed by atoms with Crippen molar-refractivity contribution >= 4 is 11.9 Å². The maximum absolute atomic E-state index is 11.8. The van der Waals surface area contributed by atoms with Crippen LogP contribution in [0.1, 0.15) is 21.7 Å². The molecule has 0 atom stereocenters. The molecule has 24 heavy (non-hydrogen) atoms. The number of hydrogen-bond acceptors (Lipinski definition) is 6. The minimum absolute atomic E-state index is 0.0997. The summed E-state index contributed by atoms with van der Waals surface area (Å²) in [6, 6.07) is 6.96. The molecule has 2 aromatic rings. The first-order valence-corrected chi connectivity index (χ1v) is 7.24. The number of benzene rings is 1. The van der Waals surface area contributed by atoms with Gasteiger partial charge in [0, 0.05) is 12.1 Å². The Bertz CT molecular complexity index is 722. The summed E-state index contributed by atoms with van der Waals surface area (Å²) in [6.07, 6.45) is 1.39. The SMILES string of the molecule is COc1ccc(CNC(=O)COC(=O)c2occc2C)cc1OC. The van der Waals surface area contributed by atoms with Gasteiger partial charge in [-0.2, -0.15) is 0 Å². The number of furan rings is 1. The lowest BCUT2D eigenvalue weighted by Crippen LogP contribution is -2.28. The van der Waals surface area contributed by atoms with E-state index in [2.05, 4.69) is 5.32 Å². The molecule has 2 rings (SSSR count). The summed E-state index contributed by atoms with van der Waals surface area (Å²) in [7, 11) is 3.09. The first-order chi connectivity index (χ1) is 11.5. The Kier molecular flexibility index (Phi) is 5.83. The predicted molar refractivity (Wildman–Crippen MR) is 85.1 cm³/mol. The average molecular weight is 333 g/mol. The molecule has 1 N–H and O–H groups in total. The van der Waals surface area contributed by atoms with Crippen LogP contribution in [-0.4, -0.2) is 32.7 Å². The highest BCUT2D eigenvalue weighted by Crippen LogP contribution is 2.27. The second-order valence-electron chi connectivity index (χ2n) is 4.97. The lowest BCUT2D eigenvalue weighted by molar-refractivity contribution is -0.124. The number of rotatable bonds is 7. The third-order valence-corrected chi connectivity index (χ3v) is 3.32. The summed E-state index contributed by atoms with van der Waals surface area (Å²) < 4.78 is 20.3. The molecule has 0 radical (unpaired) electrons. The van der Waals surface area contributed by atoms with Crippen LogP contribution < -0.4 is 14.8 Å². The van der Waals surface area contributed by atoms with Crippen molar-refractivity contribution in [2.75, 3.05) is 20.8 Å². The van der Waals surface area contributed by atoms with Gasteiger partial charge in [0.2, 0.25) is 5.76 Å². The zero-order valence-electron chi connectivity index (χ0n) is 13.8. The Morgan fingerprint density at radius 2 is 1.88 bits per heavy atom. The van der Waals surface area contributed by atoms with Gasteiger partial charge in [-0.1, -0.05) is 6.07 Å². The van der Waals surface area contributed by atoms with E-state index in [4.69, 9.17) is 18.6 Å². The van der Waals surface area contributed by atoms with Gasteiger partial charge in [-0.25, -0.2) is 4.79 Å². The summed E-state index contributed by atoms with van der Waals surface area (Å²) in [5, 5.41) is 2.66. The van der Waals surface area contributed by atoms with Crippen molar-refractivity contribution in [1.82, 2.24) is 5.32 Å². The summed E-state index contributed by atoms with van der Waals surface area (Å²) in [5.41, 5.74) is 1.49. The van der Waals surface area contributed by atoms with Crippen LogP contribution in [0.25, 0.3) is 0 Å². The molecule has 0 spiro atoms. The van der Waals surface area contributed by atoms with E-state index in [-0.39, 0.29) is 18.9 Å². The fourth-order valence-corrected chi connectivity index (χ4v) is 2.02. The highest BCUT2D eigenvalue weighted by molar-refractivity contribution is 5.90. The molecule has 0 aliphatic carbocycles. The first-order valence-electron chi connectivity index (χ1n) is 7.24. The third-order valence-electron chi connectivity index (χ3n) is 3.32. The number of amides is 1. The van der Waals surface area contributed by atoms with Crippen LogP contribution in [0.3, 0.4) is 0 Å². The quantitative estimate of drug-likeness (QED) is 0.781. The van der Waals surface area contributed by atoms with E-state index in [1.807, 2.05) is 0 Å². The molecular formula is C17H19NO6. The number of aryl methyl sites for hydroxylation is 1. The van der Waals surface area contributed by atoms with Gasteiger partial charge in [0.1, 0.15) is 0 Å². The fourth-order valence-electron chi connectivity index (χ4n) is 2.02. The van der Waals surface area contributed by atoms with Gasteiger partial charge in [-0.3, -0.25) is 4.79 Å². The van der Waals surface area contributed by atoms with Crippen LogP contribution in [0, 0.1) is 6.92 Å². The number of methoxy groups -OCH3 is 2. The number of esters is 1. The first kappa shape index (κ1) is 17.4. The molecule has 0 aliphatic rings. The number of nitrogens with one attached hydrogen (secondary N) is 1. The lowest BCUT2D eigenvalue weighted by Gasteiger charge is -2.10. The zero-order chi connectivity index (χ0) is 17.5. The molecular weight excluding hydrogens is 314 g/mol. The summed E-state index contributed by atoms with van der Waals surface area (Å²) in [4.78, 5) is 23.5.